The third-order valence-corrected chi connectivity index (χ3v) is 7.62. The van der Waals surface area contributed by atoms with E-state index in [0.717, 1.165) is 12.1 Å². The molecule has 0 spiro atoms. The van der Waals surface area contributed by atoms with Crippen LogP contribution in [0, 0.1) is 34.3 Å². The monoisotopic (exact) mass is 562 g/mol. The van der Waals surface area contributed by atoms with Crippen molar-refractivity contribution in [2.75, 3.05) is 0 Å². The van der Waals surface area contributed by atoms with Crippen LogP contribution in [-0.4, -0.2) is 11.9 Å². The van der Waals surface area contributed by atoms with E-state index in [9.17, 15) is 18.4 Å². The molecular formula is C29H20F2N2O4S2. The number of hydrogen-bond acceptors (Lipinski definition) is 8. The molecule has 0 atom stereocenters. The van der Waals surface area contributed by atoms with Crippen molar-refractivity contribution in [1.29, 1.82) is 10.5 Å². The van der Waals surface area contributed by atoms with Gasteiger partial charge in [-0.3, -0.25) is 9.59 Å². The van der Waals surface area contributed by atoms with Gasteiger partial charge in [-0.25, -0.2) is 8.78 Å². The highest BCUT2D eigenvalue weighted by Crippen LogP contribution is 2.33. The minimum absolute atomic E-state index is 0.0877. The Hall–Kier alpha value is -4.38. The molecule has 196 valence electrons. The van der Waals surface area contributed by atoms with E-state index in [1.165, 1.54) is 46.9 Å². The average Bonchev–Trinajstić information content (AvgIpc) is 3.58. The highest BCUT2D eigenvalue weighted by molar-refractivity contribution is 7.16. The molecule has 6 nitrogen and oxygen atoms in total. The Kier molecular flexibility index (Phi) is 9.16. The molecular weight excluding hydrogens is 542 g/mol. The molecule has 0 saturated carbocycles. The molecule has 4 aromatic rings. The van der Waals surface area contributed by atoms with Crippen LogP contribution in [0.5, 0.6) is 11.5 Å². The Morgan fingerprint density at radius 2 is 1.10 bits per heavy atom. The number of esters is 2. The molecule has 10 heteroatoms. The van der Waals surface area contributed by atoms with Crippen molar-refractivity contribution in [2.24, 2.45) is 0 Å². The Morgan fingerprint density at radius 1 is 0.667 bits per heavy atom. The van der Waals surface area contributed by atoms with Crippen molar-refractivity contribution in [3.8, 4) is 44.5 Å². The van der Waals surface area contributed by atoms with Crippen molar-refractivity contribution < 1.29 is 27.8 Å². The summed E-state index contributed by atoms with van der Waals surface area (Å²) in [6, 6.07) is 18.8. The van der Waals surface area contributed by atoms with Crippen molar-refractivity contribution in [1.82, 2.24) is 0 Å². The predicted molar refractivity (Wildman–Crippen MR) is 143 cm³/mol. The molecule has 0 unspecified atom stereocenters. The molecule has 0 N–H and O–H groups in total. The molecule has 0 saturated heterocycles. The summed E-state index contributed by atoms with van der Waals surface area (Å²) < 4.78 is 39.4. The van der Waals surface area contributed by atoms with Crippen LogP contribution in [0.25, 0.3) is 20.9 Å². The highest BCUT2D eigenvalue weighted by atomic mass is 32.1. The zero-order chi connectivity index (χ0) is 27.8. The van der Waals surface area contributed by atoms with E-state index in [1.54, 1.807) is 24.3 Å². The molecule has 39 heavy (non-hydrogen) atoms. The summed E-state index contributed by atoms with van der Waals surface area (Å²) in [5.74, 6) is -1.97. The SMILES string of the molecule is N#Cc1ccc(-c2ccc(OC(=O)CCCCCC(=O)Oc3ccc(-c4ccc(C#N)s4)c(F)c3)cc2F)s1. The Morgan fingerprint density at radius 3 is 1.46 bits per heavy atom. The quantitative estimate of drug-likeness (QED) is 0.112. The predicted octanol–water partition coefficient (Wildman–Crippen LogP) is 7.63. The van der Waals surface area contributed by atoms with Crippen LogP contribution >= 0.6 is 22.7 Å². The van der Waals surface area contributed by atoms with Crippen LogP contribution in [0.1, 0.15) is 41.9 Å². The number of carbonyl (C=O) groups is 2. The van der Waals surface area contributed by atoms with Gasteiger partial charge in [-0.05, 0) is 61.4 Å². The van der Waals surface area contributed by atoms with Gasteiger partial charge in [0.15, 0.2) is 0 Å². The van der Waals surface area contributed by atoms with Crippen LogP contribution in [-0.2, 0) is 9.59 Å². The number of unbranched alkanes of at least 4 members (excludes halogenated alkanes) is 2. The molecule has 2 aromatic heterocycles. The van der Waals surface area contributed by atoms with E-state index in [2.05, 4.69) is 0 Å². The van der Waals surface area contributed by atoms with Gasteiger partial charge in [0.1, 0.15) is 45.0 Å². The summed E-state index contributed by atoms with van der Waals surface area (Å²) >= 11 is 2.34. The lowest BCUT2D eigenvalue weighted by atomic mass is 10.1. The molecule has 0 radical (unpaired) electrons. The fourth-order valence-corrected chi connectivity index (χ4v) is 5.34. The first-order chi connectivity index (χ1) is 18.9. The van der Waals surface area contributed by atoms with Crippen LogP contribution in [0.4, 0.5) is 8.78 Å². The number of halogens is 2. The molecule has 2 heterocycles. The van der Waals surface area contributed by atoms with Crippen molar-refractivity contribution in [3.05, 3.63) is 82.1 Å². The van der Waals surface area contributed by atoms with E-state index in [0.29, 0.717) is 49.9 Å². The Bertz CT molecular complexity index is 1480. The standard InChI is InChI=1S/C29H20F2N2O4S2/c30-24-14-18(6-10-22(24)26-12-8-20(16-32)38-26)36-28(34)4-2-1-3-5-29(35)37-19-7-11-23(25(31)15-19)27-13-9-21(17-33)39-27/h6-15H,1-5H2. The zero-order valence-electron chi connectivity index (χ0n) is 20.4. The fourth-order valence-electron chi connectivity index (χ4n) is 3.68. The maximum Gasteiger partial charge on any atom is 0.311 e. The number of benzene rings is 2. The summed E-state index contributed by atoms with van der Waals surface area (Å²) in [6.45, 7) is 0. The lowest BCUT2D eigenvalue weighted by Gasteiger charge is -2.07. The second kappa shape index (κ2) is 12.9. The lowest BCUT2D eigenvalue weighted by molar-refractivity contribution is -0.134. The highest BCUT2D eigenvalue weighted by Gasteiger charge is 2.14. The summed E-state index contributed by atoms with van der Waals surface area (Å²) in [5, 5.41) is 17.9. The molecule has 2 aromatic carbocycles. The number of rotatable bonds is 10. The number of nitrogens with zero attached hydrogens (tertiary/aromatic N) is 2. The second-order valence-electron chi connectivity index (χ2n) is 8.34. The van der Waals surface area contributed by atoms with E-state index in [1.807, 2.05) is 12.1 Å². The third kappa shape index (κ3) is 7.35. The van der Waals surface area contributed by atoms with Crippen molar-refractivity contribution in [3.63, 3.8) is 0 Å². The lowest BCUT2D eigenvalue weighted by Crippen LogP contribution is -2.09. The molecule has 0 aliphatic carbocycles. The maximum absolute atomic E-state index is 14.5. The number of nitriles is 2. The van der Waals surface area contributed by atoms with E-state index < -0.39 is 23.6 Å². The van der Waals surface area contributed by atoms with Gasteiger partial charge in [-0.2, -0.15) is 10.5 Å². The first-order valence-electron chi connectivity index (χ1n) is 11.9. The van der Waals surface area contributed by atoms with Gasteiger partial charge in [0.2, 0.25) is 0 Å². The normalized spacial score (nSPS) is 10.5. The number of ether oxygens (including phenoxy) is 2. The van der Waals surface area contributed by atoms with Gasteiger partial charge in [-0.15, -0.1) is 22.7 Å². The molecule has 0 aliphatic heterocycles. The number of hydrogen-bond donors (Lipinski definition) is 0. The zero-order valence-corrected chi connectivity index (χ0v) is 22.0. The van der Waals surface area contributed by atoms with Gasteiger partial charge >= 0.3 is 11.9 Å². The molecule has 0 amide bonds. The van der Waals surface area contributed by atoms with Gasteiger partial charge in [0, 0.05) is 45.9 Å². The van der Waals surface area contributed by atoms with Gasteiger partial charge in [-0.1, -0.05) is 6.42 Å². The second-order valence-corrected chi connectivity index (χ2v) is 10.5. The average molecular weight is 563 g/mol. The summed E-state index contributed by atoms with van der Waals surface area (Å²) in [4.78, 5) is 26.4. The van der Waals surface area contributed by atoms with Gasteiger partial charge < -0.3 is 9.47 Å². The minimum atomic E-state index is -0.556. The Labute approximate surface area is 231 Å². The minimum Gasteiger partial charge on any atom is -0.426 e. The smallest absolute Gasteiger partial charge is 0.311 e. The van der Waals surface area contributed by atoms with Crippen LogP contribution < -0.4 is 9.47 Å². The van der Waals surface area contributed by atoms with E-state index in [-0.39, 0.29) is 24.3 Å². The fraction of sp³-hybridized carbons (Fsp3) is 0.172. The third-order valence-electron chi connectivity index (χ3n) is 5.57. The summed E-state index contributed by atoms with van der Waals surface area (Å²) in [6.07, 6.45) is 1.68. The van der Waals surface area contributed by atoms with Crippen molar-refractivity contribution >= 4 is 34.6 Å². The molecule has 0 fully saturated rings. The number of thiophene rings is 2. The van der Waals surface area contributed by atoms with Crippen LogP contribution in [0.3, 0.4) is 0 Å². The van der Waals surface area contributed by atoms with Crippen LogP contribution in [0.15, 0.2) is 60.7 Å². The molecule has 0 bridgehead atoms. The topological polar surface area (TPSA) is 100 Å². The maximum atomic E-state index is 14.5. The summed E-state index contributed by atoms with van der Waals surface area (Å²) in [5.41, 5.74) is 0.645. The van der Waals surface area contributed by atoms with Gasteiger partial charge in [0.25, 0.3) is 0 Å². The first kappa shape index (κ1) is 27.6. The summed E-state index contributed by atoms with van der Waals surface area (Å²) in [7, 11) is 0. The largest absolute Gasteiger partial charge is 0.426 e. The molecule has 0 aliphatic rings. The number of carbonyl (C=O) groups excluding carboxylic acids is 2. The Balaban J connectivity index is 1.17. The first-order valence-corrected chi connectivity index (χ1v) is 13.5. The van der Waals surface area contributed by atoms with Crippen molar-refractivity contribution in [2.45, 2.75) is 32.1 Å². The van der Waals surface area contributed by atoms with Gasteiger partial charge in [0.05, 0.1) is 0 Å². The van der Waals surface area contributed by atoms with Crippen LogP contribution in [0.2, 0.25) is 0 Å². The van der Waals surface area contributed by atoms with E-state index in [4.69, 9.17) is 20.0 Å². The molecule has 4 rings (SSSR count). The van der Waals surface area contributed by atoms with E-state index >= 15 is 0 Å².